The summed E-state index contributed by atoms with van der Waals surface area (Å²) in [6.45, 7) is 7.01. The molecule has 1 N–H and O–H groups in total. The highest BCUT2D eigenvalue weighted by Crippen LogP contribution is 2.32. The van der Waals surface area contributed by atoms with Crippen LogP contribution in [0.2, 0.25) is 0 Å². The summed E-state index contributed by atoms with van der Waals surface area (Å²) >= 11 is 0. The molecule has 150 valence electrons. The third kappa shape index (κ3) is 6.35. The number of unbranched alkanes of at least 4 members (excludes halogenated alkanes) is 2. The second kappa shape index (κ2) is 11.1. The van der Waals surface area contributed by atoms with Crippen molar-refractivity contribution in [2.45, 2.75) is 78.3 Å². The van der Waals surface area contributed by atoms with E-state index >= 15 is 0 Å². The first-order chi connectivity index (χ1) is 13.1. The topological polar surface area (TPSA) is 62.7 Å². The van der Waals surface area contributed by atoms with Crippen molar-refractivity contribution in [2.75, 3.05) is 13.2 Å². The van der Waals surface area contributed by atoms with E-state index in [0.29, 0.717) is 18.5 Å². The molecule has 1 amide bonds. The van der Waals surface area contributed by atoms with E-state index in [1.54, 1.807) is 6.20 Å². The molecule has 5 heteroatoms. The molecule has 0 aromatic carbocycles. The van der Waals surface area contributed by atoms with Crippen LogP contribution in [-0.4, -0.2) is 40.2 Å². The van der Waals surface area contributed by atoms with Gasteiger partial charge in [0.25, 0.3) is 0 Å². The third-order valence-electron chi connectivity index (χ3n) is 4.96. The average Bonchev–Trinajstić information content (AvgIpc) is 3.50. The van der Waals surface area contributed by atoms with E-state index in [1.165, 1.54) is 0 Å². The Balaban J connectivity index is 2.15. The van der Waals surface area contributed by atoms with Gasteiger partial charge in [-0.15, -0.1) is 0 Å². The van der Waals surface area contributed by atoms with E-state index in [1.807, 2.05) is 17.9 Å². The van der Waals surface area contributed by atoms with Crippen molar-refractivity contribution < 1.29 is 14.6 Å². The molecule has 0 radical (unpaired) electrons. The fourth-order valence-electron chi connectivity index (χ4n) is 3.24. The summed E-state index contributed by atoms with van der Waals surface area (Å²) in [6.07, 6.45) is 11.1. The summed E-state index contributed by atoms with van der Waals surface area (Å²) in [6, 6.07) is 2.31. The summed E-state index contributed by atoms with van der Waals surface area (Å²) in [5.74, 6) is 0.724. The lowest BCUT2D eigenvalue weighted by Crippen LogP contribution is -2.34. The number of amides is 1. The predicted octanol–water partition coefficient (Wildman–Crippen LogP) is 4.17. The number of rotatable bonds is 12. The normalized spacial score (nSPS) is 14.3. The monoisotopic (exact) mass is 374 g/mol. The maximum Gasteiger partial charge on any atom is 0.250 e. The zero-order valence-corrected chi connectivity index (χ0v) is 17.0. The van der Waals surface area contributed by atoms with Crippen LogP contribution in [0.4, 0.5) is 0 Å². The van der Waals surface area contributed by atoms with E-state index in [9.17, 15) is 4.79 Å². The molecule has 1 aromatic rings. The van der Waals surface area contributed by atoms with Gasteiger partial charge in [-0.25, -0.2) is 4.98 Å². The van der Waals surface area contributed by atoms with Gasteiger partial charge in [0.15, 0.2) is 0 Å². The van der Waals surface area contributed by atoms with Crippen LogP contribution in [-0.2, 0) is 11.3 Å². The van der Waals surface area contributed by atoms with Gasteiger partial charge in [-0.3, -0.25) is 4.79 Å². The quantitative estimate of drug-likeness (QED) is 0.441. The smallest absolute Gasteiger partial charge is 0.250 e. The summed E-state index contributed by atoms with van der Waals surface area (Å²) in [5, 5.41) is 8.98. The second-order valence-electron chi connectivity index (χ2n) is 7.23. The Bertz CT molecular complexity index is 638. The molecule has 1 aliphatic rings. The first kappa shape index (κ1) is 21.4. The first-order valence-corrected chi connectivity index (χ1v) is 10.3. The van der Waals surface area contributed by atoms with Crippen LogP contribution in [0.25, 0.3) is 0 Å². The van der Waals surface area contributed by atoms with Crippen LogP contribution in [0.5, 0.6) is 5.88 Å². The molecular weight excluding hydrogens is 340 g/mol. The predicted molar refractivity (Wildman–Crippen MR) is 108 cm³/mol. The van der Waals surface area contributed by atoms with Gasteiger partial charge >= 0.3 is 0 Å². The third-order valence-corrected chi connectivity index (χ3v) is 4.96. The van der Waals surface area contributed by atoms with Crippen LogP contribution < -0.4 is 4.74 Å². The molecule has 0 atom stereocenters. The lowest BCUT2D eigenvalue weighted by molar-refractivity contribution is -0.128. The summed E-state index contributed by atoms with van der Waals surface area (Å²) in [5.41, 5.74) is 2.96. The standard InChI is InChI=1S/C22H34N2O3/c1-4-6-7-9-18(8-5-2)22(26)24(20-10-11-20)16-19-12-13-23-21(17(19)3)27-15-14-25/h8,12-13,20,25H,4-7,9-11,14-16H2,1-3H3. The summed E-state index contributed by atoms with van der Waals surface area (Å²) in [7, 11) is 0. The Morgan fingerprint density at radius 2 is 2.15 bits per heavy atom. The van der Waals surface area contributed by atoms with Crippen LogP contribution in [0.3, 0.4) is 0 Å². The highest BCUT2D eigenvalue weighted by atomic mass is 16.5. The highest BCUT2D eigenvalue weighted by Gasteiger charge is 2.34. The SMILES string of the molecule is CCC=C(CCCCC)C(=O)N(Cc1ccnc(OCCO)c1C)C1CC1. The summed E-state index contributed by atoms with van der Waals surface area (Å²) < 4.78 is 5.52. The Labute approximate surface area is 163 Å². The van der Waals surface area contributed by atoms with Crippen LogP contribution in [0, 0.1) is 6.92 Å². The van der Waals surface area contributed by atoms with Crippen molar-refractivity contribution in [2.24, 2.45) is 0 Å². The van der Waals surface area contributed by atoms with Gasteiger partial charge in [-0.2, -0.15) is 0 Å². The molecule has 5 nitrogen and oxygen atoms in total. The number of nitrogens with zero attached hydrogens (tertiary/aromatic N) is 2. The molecule has 1 aliphatic carbocycles. The largest absolute Gasteiger partial charge is 0.475 e. The molecule has 0 spiro atoms. The summed E-state index contributed by atoms with van der Waals surface area (Å²) in [4.78, 5) is 19.5. The van der Waals surface area contributed by atoms with Crippen molar-refractivity contribution >= 4 is 5.91 Å². The fourth-order valence-corrected chi connectivity index (χ4v) is 3.24. The van der Waals surface area contributed by atoms with Gasteiger partial charge in [-0.05, 0) is 50.7 Å². The molecule has 1 saturated carbocycles. The molecule has 0 saturated heterocycles. The van der Waals surface area contributed by atoms with Gasteiger partial charge in [0.05, 0.1) is 6.61 Å². The minimum absolute atomic E-state index is 0.0407. The van der Waals surface area contributed by atoms with Crippen molar-refractivity contribution in [3.05, 3.63) is 35.0 Å². The van der Waals surface area contributed by atoms with Crippen molar-refractivity contribution in [3.8, 4) is 5.88 Å². The minimum atomic E-state index is -0.0407. The maximum atomic E-state index is 13.3. The van der Waals surface area contributed by atoms with Gasteiger partial charge < -0.3 is 14.7 Å². The van der Waals surface area contributed by atoms with E-state index in [-0.39, 0.29) is 19.1 Å². The Morgan fingerprint density at radius 3 is 2.78 bits per heavy atom. The molecule has 0 bridgehead atoms. The number of hydrogen-bond donors (Lipinski definition) is 1. The number of carbonyl (C=O) groups excluding carboxylic acids is 1. The van der Waals surface area contributed by atoms with Crippen LogP contribution >= 0.6 is 0 Å². The Morgan fingerprint density at radius 1 is 1.37 bits per heavy atom. The lowest BCUT2D eigenvalue weighted by Gasteiger charge is -2.25. The maximum absolute atomic E-state index is 13.3. The van der Waals surface area contributed by atoms with Gasteiger partial charge in [-0.1, -0.05) is 32.8 Å². The first-order valence-electron chi connectivity index (χ1n) is 10.3. The molecule has 2 rings (SSSR count). The zero-order chi connectivity index (χ0) is 19.6. The Hall–Kier alpha value is -1.88. The van der Waals surface area contributed by atoms with Crippen molar-refractivity contribution in [1.29, 1.82) is 0 Å². The van der Waals surface area contributed by atoms with E-state index < -0.39 is 0 Å². The fraction of sp³-hybridized carbons (Fsp3) is 0.636. The molecular formula is C22H34N2O3. The lowest BCUT2D eigenvalue weighted by atomic mass is 10.0. The number of hydrogen-bond acceptors (Lipinski definition) is 4. The van der Waals surface area contributed by atoms with E-state index in [4.69, 9.17) is 9.84 Å². The number of pyridine rings is 1. The van der Waals surface area contributed by atoms with Crippen molar-refractivity contribution in [1.82, 2.24) is 9.88 Å². The number of aromatic nitrogens is 1. The van der Waals surface area contributed by atoms with Crippen LogP contribution in [0.1, 0.15) is 69.9 Å². The molecule has 0 aliphatic heterocycles. The van der Waals surface area contributed by atoms with Crippen molar-refractivity contribution in [3.63, 3.8) is 0 Å². The Kier molecular flexibility index (Phi) is 8.79. The number of ether oxygens (including phenoxy) is 1. The number of aliphatic hydroxyl groups excluding tert-OH is 1. The minimum Gasteiger partial charge on any atom is -0.475 e. The highest BCUT2D eigenvalue weighted by molar-refractivity contribution is 5.93. The molecule has 27 heavy (non-hydrogen) atoms. The van der Waals surface area contributed by atoms with E-state index in [0.717, 1.165) is 61.6 Å². The van der Waals surface area contributed by atoms with Gasteiger partial charge in [0, 0.05) is 29.9 Å². The zero-order valence-electron chi connectivity index (χ0n) is 17.0. The number of carbonyl (C=O) groups is 1. The van der Waals surface area contributed by atoms with Gasteiger partial charge in [0.1, 0.15) is 6.61 Å². The number of aliphatic hydroxyl groups is 1. The number of allylic oxidation sites excluding steroid dienone is 1. The second-order valence-corrected chi connectivity index (χ2v) is 7.23. The van der Waals surface area contributed by atoms with Gasteiger partial charge in [0.2, 0.25) is 11.8 Å². The van der Waals surface area contributed by atoms with Crippen LogP contribution in [0.15, 0.2) is 23.9 Å². The average molecular weight is 375 g/mol. The van der Waals surface area contributed by atoms with E-state index in [2.05, 4.69) is 24.9 Å². The molecule has 0 unspecified atom stereocenters. The molecule has 1 heterocycles. The molecule has 1 aromatic heterocycles. The molecule has 1 fully saturated rings.